The molecule has 0 aromatic carbocycles. The van der Waals surface area contributed by atoms with Gasteiger partial charge in [0.2, 0.25) is 5.91 Å². The highest BCUT2D eigenvalue weighted by molar-refractivity contribution is 5.76. The zero-order valence-corrected chi connectivity index (χ0v) is 10.5. The quantitative estimate of drug-likeness (QED) is 0.776. The zero-order chi connectivity index (χ0) is 12.1. The number of ether oxygens (including phenoxy) is 1. The maximum Gasteiger partial charge on any atom is 0.220 e. The minimum absolute atomic E-state index is 0.140. The Morgan fingerprint density at radius 2 is 2.12 bits per heavy atom. The average Bonchev–Trinajstić information content (AvgIpc) is 2.74. The largest absolute Gasteiger partial charge is 0.376 e. The van der Waals surface area contributed by atoms with Crippen molar-refractivity contribution in [2.24, 2.45) is 11.7 Å². The molecule has 1 aliphatic heterocycles. The van der Waals surface area contributed by atoms with Crippen LogP contribution in [0.25, 0.3) is 0 Å². The van der Waals surface area contributed by atoms with Gasteiger partial charge in [-0.05, 0) is 38.0 Å². The molecular formula is C13H24N2O2. The Labute approximate surface area is 103 Å². The molecule has 98 valence electrons. The van der Waals surface area contributed by atoms with E-state index in [1.807, 2.05) is 0 Å². The average molecular weight is 240 g/mol. The van der Waals surface area contributed by atoms with Crippen molar-refractivity contribution in [2.75, 3.05) is 13.2 Å². The van der Waals surface area contributed by atoms with E-state index in [1.54, 1.807) is 0 Å². The van der Waals surface area contributed by atoms with Crippen LogP contribution in [0.5, 0.6) is 0 Å². The summed E-state index contributed by atoms with van der Waals surface area (Å²) in [4.78, 5) is 11.8. The summed E-state index contributed by atoms with van der Waals surface area (Å²) in [6, 6.07) is 0.228. The second-order valence-electron chi connectivity index (χ2n) is 5.35. The van der Waals surface area contributed by atoms with Crippen LogP contribution in [0.3, 0.4) is 0 Å². The van der Waals surface area contributed by atoms with Crippen LogP contribution in [0.4, 0.5) is 0 Å². The minimum atomic E-state index is 0.140. The third-order valence-corrected chi connectivity index (χ3v) is 3.97. The molecule has 1 unspecified atom stereocenters. The van der Waals surface area contributed by atoms with Crippen LogP contribution >= 0.6 is 0 Å². The molecule has 3 atom stereocenters. The summed E-state index contributed by atoms with van der Waals surface area (Å²) in [5.41, 5.74) is 5.96. The summed E-state index contributed by atoms with van der Waals surface area (Å²) in [5.74, 6) is 0.531. The Balaban J connectivity index is 1.63. The first-order chi connectivity index (χ1) is 8.25. The van der Waals surface area contributed by atoms with Crippen LogP contribution in [0.1, 0.15) is 44.9 Å². The van der Waals surface area contributed by atoms with E-state index in [0.717, 1.165) is 32.3 Å². The predicted octanol–water partition coefficient (Wildman–Crippen LogP) is 1.19. The Kier molecular flexibility index (Phi) is 4.80. The van der Waals surface area contributed by atoms with Gasteiger partial charge in [0.1, 0.15) is 0 Å². The number of carbonyl (C=O) groups is 1. The molecule has 1 saturated carbocycles. The summed E-state index contributed by atoms with van der Waals surface area (Å²) in [6.07, 6.45) is 7.61. The Hall–Kier alpha value is -0.610. The van der Waals surface area contributed by atoms with Gasteiger partial charge in [-0.2, -0.15) is 0 Å². The van der Waals surface area contributed by atoms with E-state index in [2.05, 4.69) is 5.32 Å². The Bertz CT molecular complexity index is 252. The molecule has 0 radical (unpaired) electrons. The van der Waals surface area contributed by atoms with Crippen molar-refractivity contribution in [1.82, 2.24) is 5.32 Å². The first-order valence-corrected chi connectivity index (χ1v) is 6.89. The van der Waals surface area contributed by atoms with Gasteiger partial charge in [-0.1, -0.05) is 6.42 Å². The van der Waals surface area contributed by atoms with Gasteiger partial charge in [-0.25, -0.2) is 0 Å². The van der Waals surface area contributed by atoms with Crippen molar-refractivity contribution in [3.8, 4) is 0 Å². The fourth-order valence-electron chi connectivity index (χ4n) is 2.83. The number of nitrogens with two attached hydrogens (primary N) is 1. The lowest BCUT2D eigenvalue weighted by molar-refractivity contribution is -0.123. The van der Waals surface area contributed by atoms with Gasteiger partial charge >= 0.3 is 0 Å². The molecule has 1 heterocycles. The Morgan fingerprint density at radius 1 is 1.24 bits per heavy atom. The third kappa shape index (κ3) is 3.96. The van der Waals surface area contributed by atoms with Crippen LogP contribution in [0.15, 0.2) is 0 Å². The standard InChI is InChI=1S/C13H24N2O2/c14-12-6-3-4-10(12)8-13(16)15-9-11-5-1-2-7-17-11/h10-12H,1-9,14H2,(H,15,16)/t10-,11?,12+/m0/s1. The maximum atomic E-state index is 11.8. The molecule has 2 fully saturated rings. The molecule has 1 aliphatic carbocycles. The summed E-state index contributed by atoms with van der Waals surface area (Å²) < 4.78 is 5.58. The van der Waals surface area contributed by atoms with Crippen molar-refractivity contribution >= 4 is 5.91 Å². The van der Waals surface area contributed by atoms with E-state index in [4.69, 9.17) is 10.5 Å². The molecule has 4 heteroatoms. The predicted molar refractivity (Wildman–Crippen MR) is 66.5 cm³/mol. The number of rotatable bonds is 4. The summed E-state index contributed by atoms with van der Waals surface area (Å²) >= 11 is 0. The fraction of sp³-hybridized carbons (Fsp3) is 0.923. The highest BCUT2D eigenvalue weighted by Gasteiger charge is 2.26. The van der Waals surface area contributed by atoms with Crippen molar-refractivity contribution in [3.63, 3.8) is 0 Å². The highest BCUT2D eigenvalue weighted by Crippen LogP contribution is 2.26. The minimum Gasteiger partial charge on any atom is -0.376 e. The SMILES string of the molecule is N[C@@H]1CCC[C@H]1CC(=O)NCC1CCCCO1. The molecular weight excluding hydrogens is 216 g/mol. The van der Waals surface area contributed by atoms with Gasteiger partial charge in [0.05, 0.1) is 6.10 Å². The second-order valence-corrected chi connectivity index (χ2v) is 5.35. The van der Waals surface area contributed by atoms with Crippen LogP contribution in [0, 0.1) is 5.92 Å². The first kappa shape index (κ1) is 12.8. The smallest absolute Gasteiger partial charge is 0.220 e. The van der Waals surface area contributed by atoms with Crippen molar-refractivity contribution < 1.29 is 9.53 Å². The lowest BCUT2D eigenvalue weighted by atomic mass is 10.00. The zero-order valence-electron chi connectivity index (χ0n) is 10.5. The number of amides is 1. The molecule has 2 aliphatic rings. The van der Waals surface area contributed by atoms with E-state index < -0.39 is 0 Å². The van der Waals surface area contributed by atoms with E-state index in [9.17, 15) is 4.79 Å². The van der Waals surface area contributed by atoms with Crippen molar-refractivity contribution in [3.05, 3.63) is 0 Å². The topological polar surface area (TPSA) is 64.4 Å². The van der Waals surface area contributed by atoms with Gasteiger partial charge in [0.15, 0.2) is 0 Å². The molecule has 1 saturated heterocycles. The van der Waals surface area contributed by atoms with Crippen LogP contribution < -0.4 is 11.1 Å². The van der Waals surface area contributed by atoms with Crippen LogP contribution in [0.2, 0.25) is 0 Å². The molecule has 4 nitrogen and oxygen atoms in total. The van der Waals surface area contributed by atoms with E-state index in [0.29, 0.717) is 18.9 Å². The number of hydrogen-bond acceptors (Lipinski definition) is 3. The van der Waals surface area contributed by atoms with Gasteiger partial charge in [-0.15, -0.1) is 0 Å². The third-order valence-electron chi connectivity index (χ3n) is 3.97. The van der Waals surface area contributed by atoms with E-state index in [-0.39, 0.29) is 18.1 Å². The lowest BCUT2D eigenvalue weighted by Crippen LogP contribution is -2.37. The molecule has 0 aromatic rings. The number of hydrogen-bond donors (Lipinski definition) is 2. The first-order valence-electron chi connectivity index (χ1n) is 6.89. The molecule has 0 aromatic heterocycles. The van der Waals surface area contributed by atoms with Crippen molar-refractivity contribution in [2.45, 2.75) is 57.1 Å². The number of carbonyl (C=O) groups excluding carboxylic acids is 1. The molecule has 17 heavy (non-hydrogen) atoms. The van der Waals surface area contributed by atoms with E-state index >= 15 is 0 Å². The number of nitrogens with one attached hydrogen (secondary N) is 1. The normalized spacial score (nSPS) is 33.6. The van der Waals surface area contributed by atoms with Gasteiger partial charge < -0.3 is 15.8 Å². The van der Waals surface area contributed by atoms with Gasteiger partial charge in [0.25, 0.3) is 0 Å². The summed E-state index contributed by atoms with van der Waals surface area (Å²) in [7, 11) is 0. The molecule has 2 rings (SSSR count). The molecule has 0 spiro atoms. The lowest BCUT2D eigenvalue weighted by Gasteiger charge is -2.23. The molecule has 3 N–H and O–H groups in total. The second kappa shape index (κ2) is 6.36. The van der Waals surface area contributed by atoms with Crippen LogP contribution in [-0.4, -0.2) is 31.2 Å². The fourth-order valence-corrected chi connectivity index (χ4v) is 2.83. The monoisotopic (exact) mass is 240 g/mol. The highest BCUT2D eigenvalue weighted by atomic mass is 16.5. The molecule has 0 bridgehead atoms. The summed E-state index contributed by atoms with van der Waals surface area (Å²) in [6.45, 7) is 1.51. The van der Waals surface area contributed by atoms with Crippen LogP contribution in [-0.2, 0) is 9.53 Å². The van der Waals surface area contributed by atoms with Gasteiger partial charge in [0, 0.05) is 25.6 Å². The molecule has 1 amide bonds. The maximum absolute atomic E-state index is 11.8. The van der Waals surface area contributed by atoms with E-state index in [1.165, 1.54) is 12.8 Å². The Morgan fingerprint density at radius 3 is 2.76 bits per heavy atom. The summed E-state index contributed by atoms with van der Waals surface area (Å²) in [5, 5.41) is 2.98. The van der Waals surface area contributed by atoms with Gasteiger partial charge in [-0.3, -0.25) is 4.79 Å². The van der Waals surface area contributed by atoms with Crippen molar-refractivity contribution in [1.29, 1.82) is 0 Å².